The molecule has 0 aromatic carbocycles. The van der Waals surface area contributed by atoms with Gasteiger partial charge in [0, 0.05) is 6.42 Å². The van der Waals surface area contributed by atoms with Crippen LogP contribution < -0.4 is 0 Å². The normalized spacial score (nSPS) is 47.2. The lowest BCUT2D eigenvalue weighted by Crippen LogP contribution is -2.56. The number of rotatable bonds is 2. The van der Waals surface area contributed by atoms with Crippen molar-refractivity contribution in [1.82, 2.24) is 0 Å². The van der Waals surface area contributed by atoms with E-state index in [0.717, 1.165) is 37.7 Å². The highest BCUT2D eigenvalue weighted by Crippen LogP contribution is 2.66. The van der Waals surface area contributed by atoms with Gasteiger partial charge < -0.3 is 15.3 Å². The summed E-state index contributed by atoms with van der Waals surface area (Å²) in [6.45, 7) is 8.35. The lowest BCUT2D eigenvalue weighted by atomic mass is 9.42. The van der Waals surface area contributed by atoms with E-state index in [0.29, 0.717) is 12.3 Å². The van der Waals surface area contributed by atoms with Crippen LogP contribution in [0.4, 0.5) is 0 Å². The van der Waals surface area contributed by atoms with Crippen molar-refractivity contribution in [3.8, 4) is 0 Å². The molecule has 24 heavy (non-hydrogen) atoms. The van der Waals surface area contributed by atoms with Crippen LogP contribution in [0.15, 0.2) is 11.3 Å². The molecular formula is C20H32O4. The summed E-state index contributed by atoms with van der Waals surface area (Å²) in [5.41, 5.74) is 0.580. The maximum Gasteiger partial charge on any atom is 0.197 e. The number of carbonyl (C=O) groups excluding carboxylic acids is 1. The summed E-state index contributed by atoms with van der Waals surface area (Å²) in [5.74, 6) is 0.590. The van der Waals surface area contributed by atoms with Crippen molar-refractivity contribution in [2.45, 2.75) is 72.3 Å². The first-order valence-corrected chi connectivity index (χ1v) is 9.31. The highest BCUT2D eigenvalue weighted by atomic mass is 16.3. The molecule has 3 aliphatic rings. The largest absolute Gasteiger partial charge is 0.504 e. The van der Waals surface area contributed by atoms with Gasteiger partial charge in [-0.05, 0) is 72.7 Å². The molecule has 0 radical (unpaired) electrons. The van der Waals surface area contributed by atoms with Gasteiger partial charge in [0.05, 0.1) is 12.7 Å². The minimum absolute atomic E-state index is 0.00727. The molecule has 0 spiro atoms. The summed E-state index contributed by atoms with van der Waals surface area (Å²) in [6.07, 6.45) is 4.54. The lowest BCUT2D eigenvalue weighted by Gasteiger charge is -2.62. The van der Waals surface area contributed by atoms with E-state index < -0.39 is 6.10 Å². The molecule has 4 heteroatoms. The predicted molar refractivity (Wildman–Crippen MR) is 92.4 cm³/mol. The molecule has 3 aliphatic carbocycles. The van der Waals surface area contributed by atoms with E-state index in [-0.39, 0.29) is 40.3 Å². The Morgan fingerprint density at radius 1 is 1.21 bits per heavy atom. The third-order valence-electron chi connectivity index (χ3n) is 8.30. The monoisotopic (exact) mass is 336 g/mol. The molecule has 3 rings (SSSR count). The van der Waals surface area contributed by atoms with Crippen LogP contribution in [0.1, 0.15) is 66.2 Å². The number of carbonyl (C=O) groups is 1. The lowest BCUT2D eigenvalue weighted by molar-refractivity contribution is -0.145. The first-order chi connectivity index (χ1) is 11.1. The second kappa shape index (κ2) is 5.57. The van der Waals surface area contributed by atoms with E-state index in [2.05, 4.69) is 20.8 Å². The van der Waals surface area contributed by atoms with Crippen molar-refractivity contribution in [3.63, 3.8) is 0 Å². The maximum absolute atomic E-state index is 12.3. The van der Waals surface area contributed by atoms with Crippen LogP contribution in [0, 0.1) is 28.1 Å². The Labute approximate surface area is 145 Å². The molecule has 2 fully saturated rings. The Morgan fingerprint density at radius 2 is 1.88 bits per heavy atom. The van der Waals surface area contributed by atoms with Crippen LogP contribution in [-0.4, -0.2) is 33.8 Å². The average molecular weight is 336 g/mol. The third kappa shape index (κ3) is 2.29. The van der Waals surface area contributed by atoms with Crippen molar-refractivity contribution in [2.24, 2.45) is 28.1 Å². The molecule has 0 aromatic heterocycles. The number of ketones is 1. The molecule has 4 nitrogen and oxygen atoms in total. The molecule has 3 N–H and O–H groups in total. The van der Waals surface area contributed by atoms with E-state index in [9.17, 15) is 20.1 Å². The first-order valence-electron chi connectivity index (χ1n) is 9.31. The summed E-state index contributed by atoms with van der Waals surface area (Å²) < 4.78 is 0. The fourth-order valence-corrected chi connectivity index (χ4v) is 6.12. The van der Waals surface area contributed by atoms with E-state index in [1.54, 1.807) is 0 Å². The smallest absolute Gasteiger partial charge is 0.197 e. The first kappa shape index (κ1) is 17.9. The zero-order valence-corrected chi connectivity index (χ0v) is 15.4. The van der Waals surface area contributed by atoms with Crippen molar-refractivity contribution in [3.05, 3.63) is 11.3 Å². The molecule has 0 aromatic rings. The summed E-state index contributed by atoms with van der Waals surface area (Å²) >= 11 is 0. The van der Waals surface area contributed by atoms with Gasteiger partial charge in [-0.3, -0.25) is 4.79 Å². The quantitative estimate of drug-likeness (QED) is 0.722. The van der Waals surface area contributed by atoms with Crippen LogP contribution in [0.5, 0.6) is 0 Å². The van der Waals surface area contributed by atoms with Crippen LogP contribution in [0.3, 0.4) is 0 Å². The Balaban J connectivity index is 1.95. The van der Waals surface area contributed by atoms with Crippen LogP contribution in [-0.2, 0) is 4.79 Å². The SMILES string of the molecule is CC1=C(O)C(=O)C[C@@H]2[C@@]3(C)CC[C@](C)(C(O)CO)C[C@@H]3CC[C@]12C. The molecule has 136 valence electrons. The number of fused-ring (bicyclic) bond motifs is 3. The second-order valence-electron chi connectivity index (χ2n) is 9.37. The van der Waals surface area contributed by atoms with Crippen molar-refractivity contribution >= 4 is 5.78 Å². The Bertz CT molecular complexity index is 582. The van der Waals surface area contributed by atoms with Gasteiger partial charge in [-0.15, -0.1) is 0 Å². The van der Waals surface area contributed by atoms with Crippen LogP contribution >= 0.6 is 0 Å². The third-order valence-corrected chi connectivity index (χ3v) is 8.30. The fourth-order valence-electron chi connectivity index (χ4n) is 6.12. The van der Waals surface area contributed by atoms with Gasteiger partial charge in [0.25, 0.3) is 0 Å². The van der Waals surface area contributed by atoms with E-state index in [1.165, 1.54) is 0 Å². The van der Waals surface area contributed by atoms with Gasteiger partial charge in [0.2, 0.25) is 0 Å². The molecule has 0 amide bonds. The molecule has 1 unspecified atom stereocenters. The summed E-state index contributed by atoms with van der Waals surface area (Å²) in [6, 6.07) is 0. The summed E-state index contributed by atoms with van der Waals surface area (Å²) in [5, 5.41) is 29.9. The number of Topliss-reactive ketones (excluding diaryl/α,β-unsaturated/α-hetero) is 1. The highest BCUT2D eigenvalue weighted by molar-refractivity contribution is 5.95. The predicted octanol–water partition coefficient (Wildman–Crippen LogP) is 3.37. The average Bonchev–Trinajstić information content (AvgIpc) is 2.56. The molecule has 6 atom stereocenters. The zero-order valence-electron chi connectivity index (χ0n) is 15.4. The van der Waals surface area contributed by atoms with Crippen molar-refractivity contribution in [1.29, 1.82) is 0 Å². The maximum atomic E-state index is 12.3. The molecular weight excluding hydrogens is 304 g/mol. The summed E-state index contributed by atoms with van der Waals surface area (Å²) in [7, 11) is 0. The Hall–Kier alpha value is -0.870. The van der Waals surface area contributed by atoms with E-state index in [1.807, 2.05) is 6.92 Å². The van der Waals surface area contributed by atoms with Crippen molar-refractivity contribution < 1.29 is 20.1 Å². The van der Waals surface area contributed by atoms with E-state index in [4.69, 9.17) is 0 Å². The minimum Gasteiger partial charge on any atom is -0.504 e. The second-order valence-corrected chi connectivity index (χ2v) is 9.37. The molecule has 0 aliphatic heterocycles. The van der Waals surface area contributed by atoms with Crippen LogP contribution in [0.25, 0.3) is 0 Å². The van der Waals surface area contributed by atoms with Gasteiger partial charge in [0.15, 0.2) is 11.5 Å². The summed E-state index contributed by atoms with van der Waals surface area (Å²) in [4.78, 5) is 12.3. The Morgan fingerprint density at radius 3 is 2.50 bits per heavy atom. The number of allylic oxidation sites excluding steroid dienone is 2. The standard InChI is InChI=1S/C20H32O4/c1-12-17(24)14(22)9-15-19(12,3)6-5-13-10-18(2,16(23)11-21)7-8-20(13,15)4/h13,15-16,21,23-24H,5-11H2,1-4H3/t13-,15-,16?,18-,19+,20-/m0/s1. The zero-order chi connectivity index (χ0) is 17.9. The molecule has 0 saturated heterocycles. The van der Waals surface area contributed by atoms with Gasteiger partial charge in [-0.1, -0.05) is 20.8 Å². The number of hydrogen-bond donors (Lipinski definition) is 3. The van der Waals surface area contributed by atoms with Gasteiger partial charge in [-0.2, -0.15) is 0 Å². The molecule has 0 bridgehead atoms. The van der Waals surface area contributed by atoms with Crippen molar-refractivity contribution in [2.75, 3.05) is 6.61 Å². The number of aliphatic hydroxyl groups is 3. The molecule has 2 saturated carbocycles. The highest BCUT2D eigenvalue weighted by Gasteiger charge is 2.60. The fraction of sp³-hybridized carbons (Fsp3) is 0.850. The Kier molecular flexibility index (Phi) is 4.16. The van der Waals surface area contributed by atoms with Gasteiger partial charge in [0.1, 0.15) is 0 Å². The minimum atomic E-state index is -0.672. The van der Waals surface area contributed by atoms with Gasteiger partial charge in [-0.25, -0.2) is 0 Å². The molecule has 0 heterocycles. The van der Waals surface area contributed by atoms with Gasteiger partial charge >= 0.3 is 0 Å². The number of aliphatic hydroxyl groups excluding tert-OH is 3. The van der Waals surface area contributed by atoms with E-state index >= 15 is 0 Å². The van der Waals surface area contributed by atoms with Crippen LogP contribution in [0.2, 0.25) is 0 Å². The number of hydrogen-bond acceptors (Lipinski definition) is 4. The topological polar surface area (TPSA) is 77.8 Å².